The second-order valence-electron chi connectivity index (χ2n) is 1.67. The Balaban J connectivity index is 0. The average Bonchev–Trinajstić information content (AvgIpc) is 1.68. The van der Waals surface area contributed by atoms with E-state index in [2.05, 4.69) is 6.58 Å². The van der Waals surface area contributed by atoms with Crippen molar-refractivity contribution in [1.29, 1.82) is 0 Å². The van der Waals surface area contributed by atoms with E-state index in [1.807, 2.05) is 27.7 Å². The highest BCUT2D eigenvalue weighted by molar-refractivity contribution is 5.10. The summed E-state index contributed by atoms with van der Waals surface area (Å²) >= 11 is 0. The Labute approximate surface area is 57.1 Å². The molecule has 54 valence electrons. The van der Waals surface area contributed by atoms with Crippen LogP contribution in [0.3, 0.4) is 0 Å². The van der Waals surface area contributed by atoms with E-state index in [-0.39, 0.29) is 5.83 Å². The maximum Gasteiger partial charge on any atom is 0.115 e. The van der Waals surface area contributed by atoms with E-state index >= 15 is 0 Å². The van der Waals surface area contributed by atoms with Gasteiger partial charge in [-0.25, -0.2) is 4.39 Å². The van der Waals surface area contributed by atoms with Gasteiger partial charge < -0.3 is 0 Å². The van der Waals surface area contributed by atoms with Crippen LogP contribution in [0.1, 0.15) is 27.7 Å². The maximum absolute atomic E-state index is 11.7. The highest BCUT2D eigenvalue weighted by Crippen LogP contribution is 1.97. The third kappa shape index (κ3) is 18.7. The molecule has 0 radical (unpaired) electrons. The predicted octanol–water partition coefficient (Wildman–Crippen LogP) is 3.46. The van der Waals surface area contributed by atoms with Crippen LogP contribution < -0.4 is 0 Å². The van der Waals surface area contributed by atoms with Crippen LogP contribution in [0.25, 0.3) is 0 Å². The molecule has 0 aromatic rings. The molecule has 9 heavy (non-hydrogen) atoms. The molecule has 0 bridgehead atoms. The Hall–Kier alpha value is -0.590. The third-order valence-corrected chi connectivity index (χ3v) is 0.445. The molecule has 0 N–H and O–H groups in total. The van der Waals surface area contributed by atoms with E-state index in [9.17, 15) is 4.39 Å². The molecule has 0 spiro atoms. The minimum absolute atomic E-state index is 0.375. The molecule has 0 fully saturated rings. The van der Waals surface area contributed by atoms with Gasteiger partial charge >= 0.3 is 0 Å². The van der Waals surface area contributed by atoms with Crippen LogP contribution >= 0.6 is 0 Å². The van der Waals surface area contributed by atoms with Gasteiger partial charge in [0, 0.05) is 0 Å². The summed E-state index contributed by atoms with van der Waals surface area (Å²) in [6.45, 7) is 10.7. The number of allylic oxidation sites excluding steroid dienone is 3. The number of hydrogen-bond donors (Lipinski definition) is 0. The average molecular weight is 130 g/mol. The van der Waals surface area contributed by atoms with Crippen LogP contribution in [0.2, 0.25) is 0 Å². The molecule has 0 amide bonds. The van der Waals surface area contributed by atoms with Crippen LogP contribution in [0.5, 0.6) is 0 Å². The van der Waals surface area contributed by atoms with Crippen molar-refractivity contribution in [2.24, 2.45) is 0 Å². The fourth-order valence-electron chi connectivity index (χ4n) is 0.313. The van der Waals surface area contributed by atoms with Gasteiger partial charge in [0.1, 0.15) is 5.83 Å². The largest absolute Gasteiger partial charge is 0.208 e. The van der Waals surface area contributed by atoms with Gasteiger partial charge in [-0.05, 0) is 19.9 Å². The van der Waals surface area contributed by atoms with Gasteiger partial charge in [-0.15, -0.1) is 0 Å². The lowest BCUT2D eigenvalue weighted by Crippen LogP contribution is -1.62. The summed E-state index contributed by atoms with van der Waals surface area (Å²) in [6, 6.07) is 0. The lowest BCUT2D eigenvalue weighted by molar-refractivity contribution is 0.669. The second kappa shape index (κ2) is 7.41. The Kier molecular flexibility index (Phi) is 9.25. The van der Waals surface area contributed by atoms with Crippen molar-refractivity contribution in [3.05, 3.63) is 24.1 Å². The first-order chi connectivity index (χ1) is 4.13. The van der Waals surface area contributed by atoms with Gasteiger partial charge in [0.05, 0.1) is 0 Å². The van der Waals surface area contributed by atoms with Crippen LogP contribution in [0, 0.1) is 0 Å². The fourth-order valence-corrected chi connectivity index (χ4v) is 0.313. The van der Waals surface area contributed by atoms with Crippen LogP contribution in [0.15, 0.2) is 24.1 Å². The molecular weight excluding hydrogens is 115 g/mol. The summed E-state index contributed by atoms with van der Waals surface area (Å²) < 4.78 is 11.7. The first-order valence-electron chi connectivity index (χ1n) is 3.12. The quantitative estimate of drug-likeness (QED) is 0.477. The van der Waals surface area contributed by atoms with Gasteiger partial charge in [-0.1, -0.05) is 26.0 Å². The number of halogens is 1. The molecule has 0 atom stereocenters. The molecular formula is C8H15F. The minimum Gasteiger partial charge on any atom is -0.208 e. The summed E-state index contributed by atoms with van der Waals surface area (Å²) in [4.78, 5) is 0. The third-order valence-electron chi connectivity index (χ3n) is 0.445. The molecule has 0 saturated carbocycles. The Morgan fingerprint density at radius 2 is 1.67 bits per heavy atom. The molecule has 0 aromatic carbocycles. The van der Waals surface area contributed by atoms with E-state index in [0.717, 1.165) is 5.57 Å². The van der Waals surface area contributed by atoms with E-state index in [4.69, 9.17) is 0 Å². The van der Waals surface area contributed by atoms with Gasteiger partial charge in [-0.3, -0.25) is 0 Å². The Bertz CT molecular complexity index is 97.1. The number of rotatable bonds is 1. The van der Waals surface area contributed by atoms with Gasteiger partial charge in [0.15, 0.2) is 0 Å². The normalized spacial score (nSPS) is 6.78. The summed E-state index contributed by atoms with van der Waals surface area (Å²) in [6.07, 6.45) is 1.39. The molecule has 0 aliphatic heterocycles. The van der Waals surface area contributed by atoms with Crippen LogP contribution in [-0.2, 0) is 0 Å². The molecule has 0 aromatic heterocycles. The van der Waals surface area contributed by atoms with E-state index in [1.54, 1.807) is 0 Å². The minimum atomic E-state index is -0.375. The summed E-state index contributed by atoms with van der Waals surface area (Å²) in [7, 11) is 0. The fraction of sp³-hybridized carbons (Fsp3) is 0.500. The van der Waals surface area contributed by atoms with Crippen molar-refractivity contribution in [2.75, 3.05) is 0 Å². The number of hydrogen-bond acceptors (Lipinski definition) is 0. The van der Waals surface area contributed by atoms with E-state index in [0.29, 0.717) is 0 Å². The standard InChI is InChI=1S/C6H9F.C2H6/c1-5(2)4-6(3)7;1-2/h4H,3H2,1-2H3;1-2H3. The molecule has 0 rings (SSSR count). The van der Waals surface area contributed by atoms with E-state index < -0.39 is 0 Å². The summed E-state index contributed by atoms with van der Waals surface area (Å²) in [5.41, 5.74) is 0.938. The molecule has 0 nitrogen and oxygen atoms in total. The summed E-state index contributed by atoms with van der Waals surface area (Å²) in [5, 5.41) is 0. The van der Waals surface area contributed by atoms with Crippen molar-refractivity contribution in [3.63, 3.8) is 0 Å². The highest BCUT2D eigenvalue weighted by atomic mass is 19.1. The van der Waals surface area contributed by atoms with Crippen molar-refractivity contribution in [2.45, 2.75) is 27.7 Å². The first-order valence-corrected chi connectivity index (χ1v) is 3.12. The van der Waals surface area contributed by atoms with Crippen molar-refractivity contribution < 1.29 is 4.39 Å². The van der Waals surface area contributed by atoms with Crippen LogP contribution in [0.4, 0.5) is 4.39 Å². The SMILES string of the molecule is C=C(F)C=C(C)C.CC. The van der Waals surface area contributed by atoms with E-state index in [1.165, 1.54) is 6.08 Å². The molecule has 0 unspecified atom stereocenters. The maximum atomic E-state index is 11.7. The summed E-state index contributed by atoms with van der Waals surface area (Å²) in [5.74, 6) is -0.375. The molecule has 0 saturated heterocycles. The van der Waals surface area contributed by atoms with Gasteiger partial charge in [0.2, 0.25) is 0 Å². The lowest BCUT2D eigenvalue weighted by atomic mass is 10.3. The first kappa shape index (κ1) is 11.2. The zero-order valence-corrected chi connectivity index (χ0v) is 6.66. The Morgan fingerprint density at radius 1 is 1.33 bits per heavy atom. The smallest absolute Gasteiger partial charge is 0.115 e. The molecule has 0 heterocycles. The zero-order chi connectivity index (χ0) is 7.86. The molecule has 0 aliphatic rings. The molecule has 0 aliphatic carbocycles. The zero-order valence-electron chi connectivity index (χ0n) is 6.66. The lowest BCUT2D eigenvalue weighted by Gasteiger charge is -1.82. The predicted molar refractivity (Wildman–Crippen MR) is 41.0 cm³/mol. The molecule has 1 heteroatoms. The van der Waals surface area contributed by atoms with Gasteiger partial charge in [-0.2, -0.15) is 0 Å². The Morgan fingerprint density at radius 3 is 1.67 bits per heavy atom. The second-order valence-corrected chi connectivity index (χ2v) is 1.67. The van der Waals surface area contributed by atoms with Crippen molar-refractivity contribution in [1.82, 2.24) is 0 Å². The van der Waals surface area contributed by atoms with Gasteiger partial charge in [0.25, 0.3) is 0 Å². The topological polar surface area (TPSA) is 0 Å². The monoisotopic (exact) mass is 130 g/mol. The highest BCUT2D eigenvalue weighted by Gasteiger charge is 1.78. The van der Waals surface area contributed by atoms with Crippen molar-refractivity contribution >= 4 is 0 Å². The van der Waals surface area contributed by atoms with Crippen molar-refractivity contribution in [3.8, 4) is 0 Å². The van der Waals surface area contributed by atoms with Crippen LogP contribution in [-0.4, -0.2) is 0 Å².